The summed E-state index contributed by atoms with van der Waals surface area (Å²) >= 11 is 0. The second-order valence-electron chi connectivity index (χ2n) is 5.60. The number of carbonyl (C=O) groups excluding carboxylic acids is 1. The van der Waals surface area contributed by atoms with Crippen LogP contribution in [0.4, 0.5) is 0 Å². The van der Waals surface area contributed by atoms with Crippen molar-refractivity contribution >= 4 is 11.9 Å². The van der Waals surface area contributed by atoms with Crippen LogP contribution in [-0.4, -0.2) is 40.6 Å². The van der Waals surface area contributed by atoms with E-state index in [1.165, 1.54) is 11.8 Å². The summed E-state index contributed by atoms with van der Waals surface area (Å²) in [4.78, 5) is 24.8. The zero-order chi connectivity index (χ0) is 15.6. The third-order valence-corrected chi connectivity index (χ3v) is 3.68. The molecule has 0 spiro atoms. The van der Waals surface area contributed by atoms with Crippen LogP contribution in [0.1, 0.15) is 30.9 Å². The zero-order valence-electron chi connectivity index (χ0n) is 12.6. The van der Waals surface area contributed by atoms with Gasteiger partial charge in [-0.05, 0) is 45.2 Å². The highest BCUT2D eigenvalue weighted by Gasteiger charge is 2.38. The number of amides is 1. The van der Waals surface area contributed by atoms with Crippen LogP contribution in [0.15, 0.2) is 18.2 Å². The number of hydrogen-bond donors (Lipinski definition) is 1. The van der Waals surface area contributed by atoms with Crippen LogP contribution in [0.2, 0.25) is 0 Å². The van der Waals surface area contributed by atoms with Gasteiger partial charge in [0, 0.05) is 6.04 Å². The monoisotopic (exact) mass is 291 g/mol. The molecule has 0 aromatic heterocycles. The zero-order valence-corrected chi connectivity index (χ0v) is 12.6. The molecule has 1 saturated carbocycles. The lowest BCUT2D eigenvalue weighted by molar-refractivity contribution is -0.150. The molecular formula is C16H21NO4. The van der Waals surface area contributed by atoms with Gasteiger partial charge in [0.25, 0.3) is 5.91 Å². The van der Waals surface area contributed by atoms with Gasteiger partial charge < -0.3 is 14.7 Å². The largest absolute Gasteiger partial charge is 0.483 e. The molecule has 1 unspecified atom stereocenters. The smallest absolute Gasteiger partial charge is 0.326 e. The van der Waals surface area contributed by atoms with Crippen molar-refractivity contribution in [3.8, 4) is 5.75 Å². The highest BCUT2D eigenvalue weighted by molar-refractivity contribution is 5.84. The molecule has 0 aliphatic heterocycles. The minimum atomic E-state index is -0.984. The normalized spacial score (nSPS) is 15.4. The van der Waals surface area contributed by atoms with Gasteiger partial charge in [-0.2, -0.15) is 0 Å². The molecule has 0 saturated heterocycles. The van der Waals surface area contributed by atoms with Crippen molar-refractivity contribution < 1.29 is 19.4 Å². The first-order valence-electron chi connectivity index (χ1n) is 7.14. The SMILES string of the molecule is Cc1ccc(OCC(=O)N(C2CC2)C(C)C(=O)O)c(C)c1. The molecular weight excluding hydrogens is 270 g/mol. The Morgan fingerprint density at radius 3 is 2.57 bits per heavy atom. The molecule has 5 heteroatoms. The van der Waals surface area contributed by atoms with Gasteiger partial charge in [-0.25, -0.2) is 4.79 Å². The molecule has 1 aromatic rings. The number of carboxylic acids is 1. The van der Waals surface area contributed by atoms with Crippen LogP contribution in [-0.2, 0) is 9.59 Å². The Bertz CT molecular complexity index is 551. The van der Waals surface area contributed by atoms with Crippen LogP contribution in [0, 0.1) is 13.8 Å². The maximum Gasteiger partial charge on any atom is 0.326 e. The van der Waals surface area contributed by atoms with Crippen molar-refractivity contribution in [1.82, 2.24) is 4.90 Å². The van der Waals surface area contributed by atoms with Crippen molar-refractivity contribution in [1.29, 1.82) is 0 Å². The Hall–Kier alpha value is -2.04. The van der Waals surface area contributed by atoms with Gasteiger partial charge in [0.2, 0.25) is 0 Å². The van der Waals surface area contributed by atoms with E-state index in [0.717, 1.165) is 24.0 Å². The number of hydrogen-bond acceptors (Lipinski definition) is 3. The fourth-order valence-electron chi connectivity index (χ4n) is 2.38. The number of benzene rings is 1. The first kappa shape index (κ1) is 15.4. The van der Waals surface area contributed by atoms with Gasteiger partial charge in [-0.3, -0.25) is 4.79 Å². The van der Waals surface area contributed by atoms with Crippen LogP contribution in [0.3, 0.4) is 0 Å². The summed E-state index contributed by atoms with van der Waals surface area (Å²) in [5.74, 6) is -0.596. The van der Waals surface area contributed by atoms with Gasteiger partial charge in [-0.1, -0.05) is 17.7 Å². The molecule has 1 aromatic carbocycles. The van der Waals surface area contributed by atoms with Gasteiger partial charge in [-0.15, -0.1) is 0 Å². The van der Waals surface area contributed by atoms with Crippen LogP contribution >= 0.6 is 0 Å². The van der Waals surface area contributed by atoms with Crippen LogP contribution in [0.5, 0.6) is 5.75 Å². The Kier molecular flexibility index (Phi) is 4.50. The quantitative estimate of drug-likeness (QED) is 0.872. The molecule has 0 heterocycles. The topological polar surface area (TPSA) is 66.8 Å². The van der Waals surface area contributed by atoms with Gasteiger partial charge in [0.05, 0.1) is 0 Å². The first-order valence-corrected chi connectivity index (χ1v) is 7.14. The Morgan fingerprint density at radius 2 is 2.05 bits per heavy atom. The first-order chi connectivity index (χ1) is 9.90. The molecule has 1 fully saturated rings. The Balaban J connectivity index is 2.00. The predicted octanol–water partition coefficient (Wildman–Crippen LogP) is 2.15. The average Bonchev–Trinajstić information content (AvgIpc) is 3.22. The summed E-state index contributed by atoms with van der Waals surface area (Å²) in [6.45, 7) is 5.32. The van der Waals surface area contributed by atoms with Crippen LogP contribution < -0.4 is 4.74 Å². The minimum absolute atomic E-state index is 0.0475. The summed E-state index contributed by atoms with van der Waals surface area (Å²) in [5, 5.41) is 9.10. The molecule has 114 valence electrons. The number of carbonyl (C=O) groups is 2. The van der Waals surface area contributed by atoms with Gasteiger partial charge >= 0.3 is 5.97 Å². The van der Waals surface area contributed by atoms with Gasteiger partial charge in [0.15, 0.2) is 6.61 Å². The molecule has 5 nitrogen and oxygen atoms in total. The molecule has 21 heavy (non-hydrogen) atoms. The van der Waals surface area contributed by atoms with Crippen molar-refractivity contribution in [2.75, 3.05) is 6.61 Å². The molecule has 1 aliphatic carbocycles. The van der Waals surface area contributed by atoms with E-state index in [0.29, 0.717) is 5.75 Å². The third-order valence-electron chi connectivity index (χ3n) is 3.68. The lowest BCUT2D eigenvalue weighted by Crippen LogP contribution is -2.46. The second-order valence-corrected chi connectivity index (χ2v) is 5.60. The summed E-state index contributed by atoms with van der Waals surface area (Å²) in [5.41, 5.74) is 2.09. The Morgan fingerprint density at radius 1 is 1.38 bits per heavy atom. The molecule has 1 atom stereocenters. The second kappa shape index (κ2) is 6.16. The summed E-state index contributed by atoms with van der Waals surface area (Å²) < 4.78 is 5.56. The van der Waals surface area contributed by atoms with E-state index in [4.69, 9.17) is 9.84 Å². The third kappa shape index (κ3) is 3.74. The highest BCUT2D eigenvalue weighted by atomic mass is 16.5. The van der Waals surface area contributed by atoms with E-state index in [-0.39, 0.29) is 18.6 Å². The highest BCUT2D eigenvalue weighted by Crippen LogP contribution is 2.29. The van der Waals surface area contributed by atoms with Gasteiger partial charge in [0.1, 0.15) is 11.8 Å². The van der Waals surface area contributed by atoms with E-state index in [1.54, 1.807) is 0 Å². The number of ether oxygens (including phenoxy) is 1. The number of rotatable bonds is 6. The molecule has 1 N–H and O–H groups in total. The lowest BCUT2D eigenvalue weighted by atomic mass is 10.1. The summed E-state index contributed by atoms with van der Waals surface area (Å²) in [7, 11) is 0. The minimum Gasteiger partial charge on any atom is -0.483 e. The molecule has 0 bridgehead atoms. The predicted molar refractivity (Wildman–Crippen MR) is 78.4 cm³/mol. The van der Waals surface area contributed by atoms with E-state index >= 15 is 0 Å². The number of aryl methyl sites for hydroxylation is 2. The average molecular weight is 291 g/mol. The molecule has 1 amide bonds. The van der Waals surface area contributed by atoms with E-state index in [9.17, 15) is 9.59 Å². The number of nitrogens with zero attached hydrogens (tertiary/aromatic N) is 1. The molecule has 0 radical (unpaired) electrons. The maximum absolute atomic E-state index is 12.3. The van der Waals surface area contributed by atoms with E-state index < -0.39 is 12.0 Å². The Labute approximate surface area is 124 Å². The van der Waals surface area contributed by atoms with Crippen molar-refractivity contribution in [2.24, 2.45) is 0 Å². The summed E-state index contributed by atoms with van der Waals surface area (Å²) in [6, 6.07) is 4.98. The summed E-state index contributed by atoms with van der Waals surface area (Å²) in [6.07, 6.45) is 1.74. The van der Waals surface area contributed by atoms with Crippen LogP contribution in [0.25, 0.3) is 0 Å². The van der Waals surface area contributed by atoms with Crippen molar-refractivity contribution in [3.63, 3.8) is 0 Å². The fourth-order valence-corrected chi connectivity index (χ4v) is 2.38. The van der Waals surface area contributed by atoms with Crippen molar-refractivity contribution in [3.05, 3.63) is 29.3 Å². The standard InChI is InChI=1S/C16H21NO4/c1-10-4-7-14(11(2)8-10)21-9-15(18)17(13-5-6-13)12(3)16(19)20/h4,7-8,12-13H,5-6,9H2,1-3H3,(H,19,20). The number of aliphatic carboxylic acids is 1. The lowest BCUT2D eigenvalue weighted by Gasteiger charge is -2.26. The fraction of sp³-hybridized carbons (Fsp3) is 0.500. The number of carboxylic acid groups (broad SMARTS) is 1. The van der Waals surface area contributed by atoms with Crippen molar-refractivity contribution in [2.45, 2.75) is 45.7 Å². The molecule has 1 aliphatic rings. The van der Waals surface area contributed by atoms with E-state index in [1.807, 2.05) is 32.0 Å². The molecule has 2 rings (SSSR count). The van der Waals surface area contributed by atoms with E-state index in [2.05, 4.69) is 0 Å². The maximum atomic E-state index is 12.3.